The fraction of sp³-hybridized carbons (Fsp3) is 0.381. The molecule has 1 saturated heterocycles. The third-order valence-corrected chi connectivity index (χ3v) is 4.96. The minimum Gasteiger partial charge on any atom is -0.496 e. The number of carbonyl (C=O) groups is 1. The number of nitrogens with zero attached hydrogens (tertiary/aromatic N) is 2. The van der Waals surface area contributed by atoms with Crippen LogP contribution in [-0.2, 0) is 4.79 Å². The molecule has 0 spiro atoms. The lowest BCUT2D eigenvalue weighted by Gasteiger charge is -2.24. The molecule has 1 unspecified atom stereocenters. The van der Waals surface area contributed by atoms with Crippen LogP contribution in [0, 0.1) is 10.1 Å². The van der Waals surface area contributed by atoms with Crippen LogP contribution >= 0.6 is 0 Å². The second kappa shape index (κ2) is 9.38. The summed E-state index contributed by atoms with van der Waals surface area (Å²) >= 11 is 0. The van der Waals surface area contributed by atoms with Crippen LogP contribution in [0.3, 0.4) is 0 Å². The molecule has 0 radical (unpaired) electrons. The van der Waals surface area contributed by atoms with Gasteiger partial charge in [0.1, 0.15) is 17.2 Å². The van der Waals surface area contributed by atoms with Gasteiger partial charge in [0.05, 0.1) is 31.3 Å². The van der Waals surface area contributed by atoms with E-state index in [0.29, 0.717) is 12.4 Å². The first-order chi connectivity index (χ1) is 14.0. The Morgan fingerprint density at radius 2 is 1.97 bits per heavy atom. The van der Waals surface area contributed by atoms with E-state index in [1.165, 1.54) is 19.2 Å². The van der Waals surface area contributed by atoms with Gasteiger partial charge in [-0.25, -0.2) is 0 Å². The third-order valence-electron chi connectivity index (χ3n) is 4.96. The standard InChI is InChI=1S/C21H25N3O5/c1-3-29-16-8-6-15(7-9-16)19-5-4-12-23(19)14-21(25)22-18-11-10-17(28-2)13-20(18)24(26)27/h6-11,13,19H,3-5,12,14H2,1-2H3,(H,22,25). The molecule has 1 aliphatic heterocycles. The number of ether oxygens (including phenoxy) is 2. The summed E-state index contributed by atoms with van der Waals surface area (Å²) in [5, 5.41) is 14.0. The van der Waals surface area contributed by atoms with Gasteiger partial charge in [-0.3, -0.25) is 19.8 Å². The zero-order valence-corrected chi connectivity index (χ0v) is 16.6. The maximum atomic E-state index is 12.6. The summed E-state index contributed by atoms with van der Waals surface area (Å²) < 4.78 is 10.5. The highest BCUT2D eigenvalue weighted by atomic mass is 16.6. The molecule has 2 aromatic carbocycles. The van der Waals surface area contributed by atoms with Gasteiger partial charge in [0, 0.05) is 6.04 Å². The van der Waals surface area contributed by atoms with Crippen molar-refractivity contribution in [1.29, 1.82) is 0 Å². The number of amides is 1. The van der Waals surface area contributed by atoms with E-state index >= 15 is 0 Å². The van der Waals surface area contributed by atoms with E-state index < -0.39 is 4.92 Å². The van der Waals surface area contributed by atoms with Gasteiger partial charge in [-0.2, -0.15) is 0 Å². The topological polar surface area (TPSA) is 93.9 Å². The molecular weight excluding hydrogens is 374 g/mol. The van der Waals surface area contributed by atoms with E-state index in [-0.39, 0.29) is 29.9 Å². The Labute approximate surface area is 169 Å². The van der Waals surface area contributed by atoms with Crippen LogP contribution in [0.25, 0.3) is 0 Å². The molecule has 1 fully saturated rings. The molecule has 0 bridgehead atoms. The van der Waals surface area contributed by atoms with Crippen molar-refractivity contribution in [3.8, 4) is 11.5 Å². The Balaban J connectivity index is 1.67. The van der Waals surface area contributed by atoms with Gasteiger partial charge in [0.25, 0.3) is 5.69 Å². The summed E-state index contributed by atoms with van der Waals surface area (Å²) in [6.07, 6.45) is 1.96. The number of carbonyl (C=O) groups excluding carboxylic acids is 1. The van der Waals surface area contributed by atoms with E-state index in [2.05, 4.69) is 10.2 Å². The van der Waals surface area contributed by atoms with E-state index in [1.54, 1.807) is 6.07 Å². The number of anilines is 1. The monoisotopic (exact) mass is 399 g/mol. The fourth-order valence-corrected chi connectivity index (χ4v) is 3.62. The van der Waals surface area contributed by atoms with E-state index in [1.807, 2.05) is 31.2 Å². The molecule has 1 aliphatic rings. The number of nitro groups is 1. The number of methoxy groups -OCH3 is 1. The summed E-state index contributed by atoms with van der Waals surface area (Å²) in [5.41, 5.74) is 1.11. The molecule has 0 aromatic heterocycles. The average Bonchev–Trinajstić information content (AvgIpc) is 3.17. The number of benzene rings is 2. The Morgan fingerprint density at radius 1 is 1.24 bits per heavy atom. The normalized spacial score (nSPS) is 16.4. The number of nitro benzene ring substituents is 1. The minimum atomic E-state index is -0.531. The summed E-state index contributed by atoms with van der Waals surface area (Å²) in [6.45, 7) is 3.53. The summed E-state index contributed by atoms with van der Waals surface area (Å²) in [4.78, 5) is 25.5. The van der Waals surface area contributed by atoms with Gasteiger partial charge in [-0.1, -0.05) is 12.1 Å². The zero-order valence-electron chi connectivity index (χ0n) is 16.6. The largest absolute Gasteiger partial charge is 0.496 e. The first-order valence-corrected chi connectivity index (χ1v) is 9.61. The first-order valence-electron chi connectivity index (χ1n) is 9.61. The van der Waals surface area contributed by atoms with Crippen molar-refractivity contribution in [1.82, 2.24) is 4.90 Å². The van der Waals surface area contributed by atoms with Gasteiger partial charge in [-0.05, 0) is 56.1 Å². The Bertz CT molecular complexity index is 869. The van der Waals surface area contributed by atoms with E-state index in [0.717, 1.165) is 30.7 Å². The van der Waals surface area contributed by atoms with Crippen molar-refractivity contribution in [3.05, 3.63) is 58.1 Å². The average molecular weight is 399 g/mol. The fourth-order valence-electron chi connectivity index (χ4n) is 3.62. The molecule has 3 rings (SSSR count). The minimum absolute atomic E-state index is 0.141. The molecule has 1 N–H and O–H groups in total. The molecule has 0 aliphatic carbocycles. The van der Waals surface area contributed by atoms with Crippen molar-refractivity contribution in [3.63, 3.8) is 0 Å². The van der Waals surface area contributed by atoms with Crippen LogP contribution in [-0.4, -0.2) is 42.5 Å². The quantitative estimate of drug-likeness (QED) is 0.536. The second-order valence-electron chi connectivity index (χ2n) is 6.82. The Morgan fingerprint density at radius 3 is 2.62 bits per heavy atom. The van der Waals surface area contributed by atoms with Crippen LogP contribution in [0.5, 0.6) is 11.5 Å². The molecule has 8 heteroatoms. The van der Waals surface area contributed by atoms with Crippen LogP contribution < -0.4 is 14.8 Å². The van der Waals surface area contributed by atoms with Crippen LogP contribution in [0.2, 0.25) is 0 Å². The van der Waals surface area contributed by atoms with Crippen molar-refractivity contribution in [2.75, 3.05) is 32.1 Å². The van der Waals surface area contributed by atoms with Crippen LogP contribution in [0.4, 0.5) is 11.4 Å². The van der Waals surface area contributed by atoms with E-state index in [4.69, 9.17) is 9.47 Å². The molecule has 0 saturated carbocycles. The summed E-state index contributed by atoms with van der Waals surface area (Å²) in [5.74, 6) is 0.909. The third kappa shape index (κ3) is 5.03. The molecule has 154 valence electrons. The van der Waals surface area contributed by atoms with Crippen LogP contribution in [0.1, 0.15) is 31.4 Å². The highest BCUT2D eigenvalue weighted by Crippen LogP contribution is 2.33. The SMILES string of the molecule is CCOc1ccc(C2CCCN2CC(=O)Nc2ccc(OC)cc2[N+](=O)[O-])cc1. The highest BCUT2D eigenvalue weighted by molar-refractivity contribution is 5.94. The number of nitrogens with one attached hydrogen (secondary N) is 1. The van der Waals surface area contributed by atoms with Gasteiger partial charge < -0.3 is 14.8 Å². The molecule has 8 nitrogen and oxygen atoms in total. The molecule has 1 amide bonds. The number of likely N-dealkylation sites (tertiary alicyclic amines) is 1. The van der Waals surface area contributed by atoms with Crippen molar-refractivity contribution in [2.24, 2.45) is 0 Å². The lowest BCUT2D eigenvalue weighted by Crippen LogP contribution is -2.33. The van der Waals surface area contributed by atoms with Gasteiger partial charge >= 0.3 is 0 Å². The van der Waals surface area contributed by atoms with Gasteiger partial charge in [0.2, 0.25) is 5.91 Å². The molecule has 1 heterocycles. The number of hydrogen-bond acceptors (Lipinski definition) is 6. The van der Waals surface area contributed by atoms with Crippen molar-refractivity contribution in [2.45, 2.75) is 25.8 Å². The molecular formula is C21H25N3O5. The van der Waals surface area contributed by atoms with Crippen LogP contribution in [0.15, 0.2) is 42.5 Å². The van der Waals surface area contributed by atoms with Gasteiger partial charge in [-0.15, -0.1) is 0 Å². The first kappa shape index (κ1) is 20.6. The number of rotatable bonds is 8. The predicted octanol–water partition coefficient (Wildman–Crippen LogP) is 3.78. The highest BCUT2D eigenvalue weighted by Gasteiger charge is 2.28. The van der Waals surface area contributed by atoms with E-state index in [9.17, 15) is 14.9 Å². The summed E-state index contributed by atoms with van der Waals surface area (Å²) in [6, 6.07) is 12.5. The zero-order chi connectivity index (χ0) is 20.8. The lowest BCUT2D eigenvalue weighted by atomic mass is 10.0. The van der Waals surface area contributed by atoms with Gasteiger partial charge in [0.15, 0.2) is 0 Å². The Kier molecular flexibility index (Phi) is 6.66. The lowest BCUT2D eigenvalue weighted by molar-refractivity contribution is -0.384. The maximum absolute atomic E-state index is 12.6. The molecule has 1 atom stereocenters. The molecule has 2 aromatic rings. The molecule has 29 heavy (non-hydrogen) atoms. The second-order valence-corrected chi connectivity index (χ2v) is 6.82. The maximum Gasteiger partial charge on any atom is 0.296 e. The smallest absolute Gasteiger partial charge is 0.296 e. The van der Waals surface area contributed by atoms with Crippen molar-refractivity contribution >= 4 is 17.3 Å². The Hall–Kier alpha value is -3.13. The number of hydrogen-bond donors (Lipinski definition) is 1. The predicted molar refractivity (Wildman–Crippen MR) is 109 cm³/mol. The summed E-state index contributed by atoms with van der Waals surface area (Å²) in [7, 11) is 1.44. The van der Waals surface area contributed by atoms with Crippen molar-refractivity contribution < 1.29 is 19.2 Å².